The van der Waals surface area contributed by atoms with Crippen molar-refractivity contribution in [1.29, 1.82) is 0 Å². The van der Waals surface area contributed by atoms with Crippen LogP contribution in [0.1, 0.15) is 164 Å². The van der Waals surface area contributed by atoms with Gasteiger partial charge < -0.3 is 95.8 Å². The normalized spacial score (nSPS) is 17.6. The molecule has 0 saturated carbocycles. The first-order valence-electron chi connectivity index (χ1n) is 38.3. The zero-order valence-corrected chi connectivity index (χ0v) is 66.3. The molecule has 30 nitrogen and oxygen atoms in total. The maximum atomic E-state index is 14.9. The number of nitrogens with one attached hydrogen (secondary N) is 7. The summed E-state index contributed by atoms with van der Waals surface area (Å²) in [4.78, 5) is 140. The molecule has 1 aliphatic carbocycles. The molecule has 0 bridgehead atoms. The smallest absolute Gasteiger partial charge is 0.410 e. The highest BCUT2D eigenvalue weighted by Crippen LogP contribution is 2.31. The summed E-state index contributed by atoms with van der Waals surface area (Å²) in [5.41, 5.74) is 6.80. The van der Waals surface area contributed by atoms with Gasteiger partial charge in [0.15, 0.2) is 0 Å². The minimum atomic E-state index is -1.12. The van der Waals surface area contributed by atoms with Crippen molar-refractivity contribution in [3.8, 4) is 0 Å². The van der Waals surface area contributed by atoms with Crippen molar-refractivity contribution < 1.29 is 90.9 Å². The number of methoxy groups -OCH3 is 2. The van der Waals surface area contributed by atoms with Crippen LogP contribution in [0.2, 0.25) is 0 Å². The quantitative estimate of drug-likeness (QED) is 0.0247. The standard InChI is InChI=1S/C78H127N11O19/c1-15-53(8)68(62(101-13)48-64(91)89-39-25-31-61(89)70(102-14)54(9)71(93)82-55(10)69(92)57-26-20-19-21-27-57)87(11)75(97)66(51(4)5)86-74(96)67(52(6)7)88(12)78(100)107-49-56-32-34-58(35-33-56)83-72(94)60(30-24-37-80-76(79)98)84-73(95)65(50(2)3)85-63(90)36-40-103-42-44-105-46-47-106-45-43-104-41-38-81-77(99)108-59-28-22-17-16-18-23-29-59/h16-17,19-21,26-27,32-35,50-55,59-62,65-70,92H,15,18,22-25,28-31,36-49H2,1-14H3,(H,81,99)(H,82,93)(H,83,94)(H,84,95)(H,85,90)(H,86,96)(H3,79,80,98). The van der Waals surface area contributed by atoms with Crippen LogP contribution in [0.25, 0.3) is 0 Å². The number of urea groups is 1. The first-order valence-corrected chi connectivity index (χ1v) is 38.3. The largest absolute Gasteiger partial charge is 0.446 e. The number of benzene rings is 2. The molecule has 13 atom stereocenters. The van der Waals surface area contributed by atoms with Gasteiger partial charge in [0.25, 0.3) is 0 Å². The lowest BCUT2D eigenvalue weighted by atomic mass is 9.89. The van der Waals surface area contributed by atoms with Crippen LogP contribution in [0.4, 0.5) is 20.1 Å². The molecule has 13 unspecified atom stereocenters. The van der Waals surface area contributed by atoms with Gasteiger partial charge >= 0.3 is 18.2 Å². The maximum absolute atomic E-state index is 14.9. The zero-order chi connectivity index (χ0) is 79.8. The molecule has 0 radical (unpaired) electrons. The van der Waals surface area contributed by atoms with Gasteiger partial charge in [-0.15, -0.1) is 0 Å². The van der Waals surface area contributed by atoms with Crippen LogP contribution in [-0.4, -0.2) is 241 Å². The van der Waals surface area contributed by atoms with Gasteiger partial charge in [-0.3, -0.25) is 38.5 Å². The van der Waals surface area contributed by atoms with Gasteiger partial charge in [0.05, 0.1) is 102 Å². The Morgan fingerprint density at radius 3 is 1.87 bits per heavy atom. The molecule has 2 aromatic carbocycles. The highest BCUT2D eigenvalue weighted by atomic mass is 16.6. The van der Waals surface area contributed by atoms with Gasteiger partial charge in [-0.2, -0.15) is 0 Å². The second kappa shape index (κ2) is 49.9. The Morgan fingerprint density at radius 1 is 0.639 bits per heavy atom. The van der Waals surface area contributed by atoms with Gasteiger partial charge in [-0.05, 0) is 112 Å². The lowest BCUT2D eigenvalue weighted by Crippen LogP contribution is -2.60. The molecule has 2 aromatic rings. The van der Waals surface area contributed by atoms with E-state index in [2.05, 4.69) is 49.4 Å². The van der Waals surface area contributed by atoms with E-state index in [0.29, 0.717) is 82.2 Å². The van der Waals surface area contributed by atoms with E-state index < -0.39 is 126 Å². The topological polar surface area (TPSA) is 385 Å². The number of likely N-dealkylation sites (N-methyl/N-ethyl adjacent to an activating group) is 2. The van der Waals surface area contributed by atoms with E-state index in [1.165, 1.54) is 26.2 Å². The number of ether oxygens (including phenoxy) is 8. The number of carbonyl (C=O) groups is 10. The molecule has 30 heteroatoms. The molecule has 10 N–H and O–H groups in total. The predicted octanol–water partition coefficient (Wildman–Crippen LogP) is 6.66. The Kier molecular flexibility index (Phi) is 42.7. The summed E-state index contributed by atoms with van der Waals surface area (Å²) in [6, 6.07) is 8.72. The lowest BCUT2D eigenvalue weighted by molar-refractivity contribution is -0.148. The number of carbonyl (C=O) groups excluding carboxylic acids is 10. The third kappa shape index (κ3) is 31.9. The summed E-state index contributed by atoms with van der Waals surface area (Å²) < 4.78 is 45.5. The van der Waals surface area contributed by atoms with E-state index in [1.54, 1.807) is 109 Å². The molecular weight excluding hydrogens is 1390 g/mol. The van der Waals surface area contributed by atoms with Gasteiger partial charge in [0.2, 0.25) is 41.4 Å². The van der Waals surface area contributed by atoms with E-state index in [0.717, 1.165) is 32.1 Å². The number of hydrogen-bond donors (Lipinski definition) is 9. The molecule has 2 aliphatic rings. The summed E-state index contributed by atoms with van der Waals surface area (Å²) in [6.45, 7) is 20.9. The number of alkyl carbamates (subject to hydrolysis) is 1. The molecule has 0 spiro atoms. The minimum Gasteiger partial charge on any atom is -0.446 e. The molecule has 1 aliphatic heterocycles. The number of aliphatic hydroxyl groups is 1. The Labute approximate surface area is 639 Å². The molecule has 1 fully saturated rings. The second-order valence-electron chi connectivity index (χ2n) is 28.9. The maximum Gasteiger partial charge on any atom is 0.410 e. The number of likely N-dealkylation sites (tertiary alicyclic amines) is 1. The molecule has 1 heterocycles. The van der Waals surface area contributed by atoms with Gasteiger partial charge in [-0.1, -0.05) is 123 Å². The number of rotatable bonds is 48. The van der Waals surface area contributed by atoms with Crippen LogP contribution in [0.3, 0.4) is 0 Å². The third-order valence-electron chi connectivity index (χ3n) is 19.6. The molecule has 1 saturated heterocycles. The zero-order valence-electron chi connectivity index (χ0n) is 66.3. The highest BCUT2D eigenvalue weighted by Gasteiger charge is 2.44. The van der Waals surface area contributed by atoms with E-state index >= 15 is 0 Å². The summed E-state index contributed by atoms with van der Waals surface area (Å²) >= 11 is 0. The van der Waals surface area contributed by atoms with Crippen LogP contribution >= 0.6 is 0 Å². The third-order valence-corrected chi connectivity index (χ3v) is 19.6. The number of amides is 11. The summed E-state index contributed by atoms with van der Waals surface area (Å²) in [6.07, 6.45) is 7.21. The number of allylic oxidation sites excluding steroid dienone is 2. The fourth-order valence-corrected chi connectivity index (χ4v) is 13.3. The number of hydrogen-bond acceptors (Lipinski definition) is 19. The van der Waals surface area contributed by atoms with Crippen molar-refractivity contribution in [3.05, 3.63) is 77.9 Å². The van der Waals surface area contributed by atoms with E-state index in [9.17, 15) is 53.1 Å². The first kappa shape index (κ1) is 92.4. The Bertz CT molecular complexity index is 3090. The molecule has 11 amide bonds. The van der Waals surface area contributed by atoms with Crippen molar-refractivity contribution >= 4 is 65.3 Å². The van der Waals surface area contributed by atoms with Gasteiger partial charge in [0.1, 0.15) is 36.9 Å². The van der Waals surface area contributed by atoms with E-state index in [-0.39, 0.29) is 88.4 Å². The van der Waals surface area contributed by atoms with Crippen molar-refractivity contribution in [2.45, 2.75) is 220 Å². The number of anilines is 1. The molecule has 0 aromatic heterocycles. The number of primary amides is 1. The molecule has 108 heavy (non-hydrogen) atoms. The average Bonchev–Trinajstić information content (AvgIpc) is 1.48. The fourth-order valence-electron chi connectivity index (χ4n) is 13.3. The van der Waals surface area contributed by atoms with Crippen LogP contribution in [0, 0.1) is 29.6 Å². The Hall–Kier alpha value is -8.00. The summed E-state index contributed by atoms with van der Waals surface area (Å²) in [7, 11) is 6.09. The lowest BCUT2D eigenvalue weighted by Gasteiger charge is -2.41. The van der Waals surface area contributed by atoms with E-state index in [4.69, 9.17) is 43.6 Å². The molecular formula is C78H127N11O19. The van der Waals surface area contributed by atoms with Gasteiger partial charge in [-0.25, -0.2) is 14.4 Å². The molecule has 4 rings (SSSR count). The van der Waals surface area contributed by atoms with Crippen molar-refractivity contribution in [3.63, 3.8) is 0 Å². The number of nitrogens with zero attached hydrogens (tertiary/aromatic N) is 3. The number of aliphatic hydroxyl groups excluding tert-OH is 1. The summed E-state index contributed by atoms with van der Waals surface area (Å²) in [5, 5.41) is 30.4. The van der Waals surface area contributed by atoms with E-state index in [1.807, 2.05) is 32.0 Å². The molecule has 608 valence electrons. The SMILES string of the molecule is CCC(C)C(C(CC(=O)N1CCCC1C(OC)C(C)C(=O)NC(C)C(O)c1ccccc1)OC)N(C)C(=O)C(NC(=O)C(C(C)C)N(C)C(=O)OCc1ccc(NC(=O)C(CCCNC(N)=O)NC(=O)C(NC(=O)CCOCCOCCOCCOCCNC(=O)OC2CCC=CCCC2)C(C)C)cc1)C(C)C. The summed E-state index contributed by atoms with van der Waals surface area (Å²) in [5.74, 6) is -5.36. The van der Waals surface area contributed by atoms with Crippen molar-refractivity contribution in [2.24, 2.45) is 35.3 Å². The fraction of sp³-hybridized carbons (Fsp3) is 0.692. The monoisotopic (exact) mass is 1520 g/mol. The van der Waals surface area contributed by atoms with Crippen LogP contribution < -0.4 is 43.0 Å². The van der Waals surface area contributed by atoms with Crippen molar-refractivity contribution in [2.75, 3.05) is 106 Å². The highest BCUT2D eigenvalue weighted by molar-refractivity contribution is 5.98. The van der Waals surface area contributed by atoms with Crippen LogP contribution in [0.5, 0.6) is 0 Å². The average molecular weight is 1520 g/mol. The first-order chi connectivity index (χ1) is 51.5. The Morgan fingerprint density at radius 2 is 1.27 bits per heavy atom. The van der Waals surface area contributed by atoms with Crippen LogP contribution in [0.15, 0.2) is 66.7 Å². The minimum absolute atomic E-state index is 0.0538. The number of nitrogens with two attached hydrogens (primary N) is 1. The predicted molar refractivity (Wildman–Crippen MR) is 407 cm³/mol. The second-order valence-corrected chi connectivity index (χ2v) is 28.9. The van der Waals surface area contributed by atoms with Crippen LogP contribution in [-0.2, 0) is 78.1 Å². The van der Waals surface area contributed by atoms with Gasteiger partial charge in [0, 0.05) is 60.1 Å². The Balaban J connectivity index is 1.26. The van der Waals surface area contributed by atoms with Crippen molar-refractivity contribution in [1.82, 2.24) is 46.6 Å².